The molecule has 0 aliphatic carbocycles. The number of hydrogen-bond acceptors (Lipinski definition) is 4. The maximum absolute atomic E-state index is 13.9. The van der Waals surface area contributed by atoms with E-state index in [1.165, 1.54) is 19.2 Å². The first kappa shape index (κ1) is 20.7. The summed E-state index contributed by atoms with van der Waals surface area (Å²) in [5.74, 6) is -1.21. The molecule has 0 aromatic heterocycles. The largest absolute Gasteiger partial charge is 0.495 e. The normalized spacial score (nSPS) is 10.4. The lowest BCUT2D eigenvalue weighted by Gasteiger charge is -2.13. The molecule has 0 heterocycles. The Bertz CT molecular complexity index is 829. The van der Waals surface area contributed by atoms with E-state index in [0.29, 0.717) is 36.6 Å². The summed E-state index contributed by atoms with van der Waals surface area (Å²) in [5.41, 5.74) is 0.618. The summed E-state index contributed by atoms with van der Waals surface area (Å²) < 4.78 is 24.1. The van der Waals surface area contributed by atoms with Crippen LogP contribution in [0.1, 0.15) is 23.2 Å². The first-order chi connectivity index (χ1) is 12.9. The molecule has 0 spiro atoms. The Hall–Kier alpha value is -2.64. The van der Waals surface area contributed by atoms with Crippen LogP contribution in [0.15, 0.2) is 36.4 Å². The molecule has 0 saturated heterocycles. The minimum Gasteiger partial charge on any atom is -0.495 e. The molecule has 2 rings (SSSR count). The zero-order valence-electron chi connectivity index (χ0n) is 15.0. The van der Waals surface area contributed by atoms with Crippen LogP contribution in [-0.2, 0) is 9.53 Å². The summed E-state index contributed by atoms with van der Waals surface area (Å²) in [4.78, 5) is 24.3. The van der Waals surface area contributed by atoms with E-state index in [2.05, 4.69) is 10.6 Å². The van der Waals surface area contributed by atoms with E-state index in [1.54, 1.807) is 25.3 Å². The van der Waals surface area contributed by atoms with Crippen LogP contribution >= 0.6 is 11.6 Å². The van der Waals surface area contributed by atoms with Gasteiger partial charge in [-0.05, 0) is 42.8 Å². The Balaban J connectivity index is 2.15. The van der Waals surface area contributed by atoms with Crippen molar-refractivity contribution < 1.29 is 23.5 Å². The minimum absolute atomic E-state index is 0.157. The lowest BCUT2D eigenvalue weighted by molar-refractivity contribution is -0.116. The second-order valence-corrected chi connectivity index (χ2v) is 6.07. The van der Waals surface area contributed by atoms with Gasteiger partial charge in [-0.15, -0.1) is 0 Å². The summed E-state index contributed by atoms with van der Waals surface area (Å²) in [6.07, 6.45) is 0.898. The number of carbonyl (C=O) groups is 2. The number of carbonyl (C=O) groups excluding carboxylic acids is 2. The van der Waals surface area contributed by atoms with Gasteiger partial charge < -0.3 is 20.1 Å². The van der Waals surface area contributed by atoms with E-state index in [9.17, 15) is 14.0 Å². The Morgan fingerprint density at radius 3 is 2.56 bits per heavy atom. The minimum atomic E-state index is -0.735. The lowest BCUT2D eigenvalue weighted by atomic mass is 10.2. The number of rotatable bonds is 8. The molecule has 6 nitrogen and oxygen atoms in total. The maximum Gasteiger partial charge on any atom is 0.258 e. The molecule has 2 aromatic rings. The molecular formula is C19H20ClFN2O4. The number of hydrogen-bond donors (Lipinski definition) is 2. The molecule has 144 valence electrons. The maximum atomic E-state index is 13.9. The Morgan fingerprint density at radius 2 is 1.89 bits per heavy atom. The highest BCUT2D eigenvalue weighted by molar-refractivity contribution is 6.30. The zero-order valence-corrected chi connectivity index (χ0v) is 15.7. The van der Waals surface area contributed by atoms with E-state index in [4.69, 9.17) is 21.1 Å². The van der Waals surface area contributed by atoms with Crippen molar-refractivity contribution >= 4 is 34.8 Å². The quantitative estimate of drug-likeness (QED) is 0.661. The number of amides is 2. The highest BCUT2D eigenvalue weighted by atomic mass is 35.5. The smallest absolute Gasteiger partial charge is 0.258 e. The van der Waals surface area contributed by atoms with E-state index in [-0.39, 0.29) is 16.5 Å². The van der Waals surface area contributed by atoms with Crippen molar-refractivity contribution in [2.45, 2.75) is 12.8 Å². The number of methoxy groups -OCH3 is 2. The molecule has 0 atom stereocenters. The van der Waals surface area contributed by atoms with Crippen molar-refractivity contribution in [1.29, 1.82) is 0 Å². The summed E-state index contributed by atoms with van der Waals surface area (Å²) in [5, 5.41) is 5.51. The van der Waals surface area contributed by atoms with Gasteiger partial charge in [0.2, 0.25) is 5.91 Å². The lowest BCUT2D eigenvalue weighted by Crippen LogP contribution is -2.15. The van der Waals surface area contributed by atoms with Gasteiger partial charge in [-0.1, -0.05) is 11.6 Å². The molecule has 2 N–H and O–H groups in total. The molecule has 0 unspecified atom stereocenters. The van der Waals surface area contributed by atoms with Crippen LogP contribution in [0.2, 0.25) is 5.02 Å². The Labute approximate surface area is 161 Å². The first-order valence-corrected chi connectivity index (χ1v) is 8.55. The molecule has 2 amide bonds. The molecular weight excluding hydrogens is 375 g/mol. The highest BCUT2D eigenvalue weighted by Crippen LogP contribution is 2.29. The number of benzene rings is 2. The predicted octanol–water partition coefficient (Wildman–Crippen LogP) is 4.11. The van der Waals surface area contributed by atoms with Crippen molar-refractivity contribution in [3.63, 3.8) is 0 Å². The van der Waals surface area contributed by atoms with E-state index in [1.807, 2.05) is 0 Å². The highest BCUT2D eigenvalue weighted by Gasteiger charge is 2.15. The van der Waals surface area contributed by atoms with Crippen molar-refractivity contribution in [2.75, 3.05) is 31.5 Å². The van der Waals surface area contributed by atoms with Crippen LogP contribution in [0.3, 0.4) is 0 Å². The molecule has 0 fully saturated rings. The first-order valence-electron chi connectivity index (χ1n) is 8.18. The van der Waals surface area contributed by atoms with Crippen molar-refractivity contribution in [3.05, 3.63) is 52.8 Å². The van der Waals surface area contributed by atoms with Crippen LogP contribution in [0.5, 0.6) is 5.75 Å². The Morgan fingerprint density at radius 1 is 1.11 bits per heavy atom. The van der Waals surface area contributed by atoms with Crippen molar-refractivity contribution in [2.24, 2.45) is 0 Å². The topological polar surface area (TPSA) is 76.7 Å². The monoisotopic (exact) mass is 394 g/mol. The van der Waals surface area contributed by atoms with Gasteiger partial charge in [0.25, 0.3) is 5.91 Å². The van der Waals surface area contributed by atoms with Crippen LogP contribution in [0, 0.1) is 5.82 Å². The third-order valence-electron chi connectivity index (χ3n) is 3.66. The van der Waals surface area contributed by atoms with Crippen molar-refractivity contribution in [1.82, 2.24) is 0 Å². The predicted molar refractivity (Wildman–Crippen MR) is 102 cm³/mol. The molecule has 0 bridgehead atoms. The SMILES string of the molecule is COCCCC(=O)Nc1ccc(OC)c(NC(=O)c2ccc(Cl)cc2F)c1. The molecule has 0 aliphatic rings. The van der Waals surface area contributed by atoms with E-state index >= 15 is 0 Å². The fourth-order valence-corrected chi connectivity index (χ4v) is 2.51. The van der Waals surface area contributed by atoms with Crippen LogP contribution in [-0.4, -0.2) is 32.6 Å². The van der Waals surface area contributed by atoms with Gasteiger partial charge in [-0.25, -0.2) is 4.39 Å². The standard InChI is InChI=1S/C19H20ClFN2O4/c1-26-9-3-4-18(24)22-13-6-8-17(27-2)16(11-13)23-19(25)14-7-5-12(20)10-15(14)21/h5-8,10-11H,3-4,9H2,1-2H3,(H,22,24)(H,23,25). The summed E-state index contributed by atoms with van der Waals surface area (Å²) in [6.45, 7) is 0.490. The summed E-state index contributed by atoms with van der Waals surface area (Å²) in [7, 11) is 3.01. The van der Waals surface area contributed by atoms with Gasteiger partial charge in [-0.3, -0.25) is 9.59 Å². The average molecular weight is 395 g/mol. The number of ether oxygens (including phenoxy) is 2. The summed E-state index contributed by atoms with van der Waals surface area (Å²) >= 11 is 5.70. The van der Waals surface area contributed by atoms with Gasteiger partial charge in [0.05, 0.1) is 18.4 Å². The fourth-order valence-electron chi connectivity index (χ4n) is 2.35. The van der Waals surface area contributed by atoms with Crippen LogP contribution < -0.4 is 15.4 Å². The number of anilines is 2. The van der Waals surface area contributed by atoms with E-state index in [0.717, 1.165) is 6.07 Å². The molecule has 2 aromatic carbocycles. The molecule has 8 heteroatoms. The zero-order chi connectivity index (χ0) is 19.8. The van der Waals surface area contributed by atoms with Gasteiger partial charge in [0.15, 0.2) is 0 Å². The Kier molecular flexibility index (Phi) is 7.57. The third kappa shape index (κ3) is 5.94. The molecule has 0 aliphatic heterocycles. The van der Waals surface area contributed by atoms with Crippen molar-refractivity contribution in [3.8, 4) is 5.75 Å². The van der Waals surface area contributed by atoms with Gasteiger partial charge in [0.1, 0.15) is 11.6 Å². The van der Waals surface area contributed by atoms with Gasteiger partial charge in [0, 0.05) is 30.8 Å². The summed E-state index contributed by atoms with van der Waals surface area (Å²) in [6, 6.07) is 8.56. The average Bonchev–Trinajstić information content (AvgIpc) is 2.62. The molecule has 0 radical (unpaired) electrons. The third-order valence-corrected chi connectivity index (χ3v) is 3.89. The fraction of sp³-hybridized carbons (Fsp3) is 0.263. The van der Waals surface area contributed by atoms with Gasteiger partial charge >= 0.3 is 0 Å². The van der Waals surface area contributed by atoms with Gasteiger partial charge in [-0.2, -0.15) is 0 Å². The molecule has 27 heavy (non-hydrogen) atoms. The molecule has 0 saturated carbocycles. The second-order valence-electron chi connectivity index (χ2n) is 5.64. The van der Waals surface area contributed by atoms with Crippen LogP contribution in [0.4, 0.5) is 15.8 Å². The number of halogens is 2. The van der Waals surface area contributed by atoms with E-state index < -0.39 is 11.7 Å². The van der Waals surface area contributed by atoms with Crippen LogP contribution in [0.25, 0.3) is 0 Å². The second kappa shape index (κ2) is 9.89. The number of nitrogens with one attached hydrogen (secondary N) is 2.